The van der Waals surface area contributed by atoms with Crippen LogP contribution in [-0.2, 0) is 14.3 Å². The smallest absolute Gasteiger partial charge is 0.407 e. The molecule has 2 aromatic rings. The Morgan fingerprint density at radius 1 is 1.06 bits per heavy atom. The van der Waals surface area contributed by atoms with Gasteiger partial charge in [-0.1, -0.05) is 75.2 Å². The summed E-state index contributed by atoms with van der Waals surface area (Å²) in [6, 6.07) is 15.4. The van der Waals surface area contributed by atoms with Crippen LogP contribution in [0.4, 0.5) is 4.79 Å². The van der Waals surface area contributed by atoms with E-state index in [0.29, 0.717) is 19.3 Å². The molecule has 35 heavy (non-hydrogen) atoms. The molecular weight excluding hydrogens is 444 g/mol. The summed E-state index contributed by atoms with van der Waals surface area (Å²) in [7, 11) is 0. The third kappa shape index (κ3) is 5.19. The Morgan fingerprint density at radius 2 is 1.66 bits per heavy atom. The molecular formula is C28H34N2O5. The van der Waals surface area contributed by atoms with Crippen LogP contribution in [0.15, 0.2) is 48.5 Å². The number of carbonyl (C=O) groups excluding carboxylic acids is 2. The first kappa shape index (κ1) is 24.8. The summed E-state index contributed by atoms with van der Waals surface area (Å²) in [5.74, 6) is -1.11. The van der Waals surface area contributed by atoms with E-state index >= 15 is 0 Å². The van der Waals surface area contributed by atoms with Gasteiger partial charge in [-0.25, -0.2) is 4.79 Å². The van der Waals surface area contributed by atoms with E-state index < -0.39 is 23.5 Å². The maximum atomic E-state index is 13.0. The number of fused-ring (bicyclic) bond motifs is 3. The van der Waals surface area contributed by atoms with E-state index in [2.05, 4.69) is 34.9 Å². The van der Waals surface area contributed by atoms with Gasteiger partial charge in [0.1, 0.15) is 12.6 Å². The van der Waals surface area contributed by atoms with E-state index in [9.17, 15) is 19.5 Å². The number of ether oxygens (including phenoxy) is 1. The number of hydrogen-bond donors (Lipinski definition) is 3. The summed E-state index contributed by atoms with van der Waals surface area (Å²) in [5.41, 5.74) is 3.65. The fraction of sp³-hybridized carbons (Fsp3) is 0.464. The molecule has 0 radical (unpaired) electrons. The molecule has 0 heterocycles. The second kappa shape index (κ2) is 10.5. The molecule has 0 spiro atoms. The zero-order chi connectivity index (χ0) is 25.0. The molecule has 1 saturated carbocycles. The van der Waals surface area contributed by atoms with E-state index in [1.165, 1.54) is 0 Å². The lowest BCUT2D eigenvalue weighted by atomic mass is 9.69. The Balaban J connectivity index is 1.39. The van der Waals surface area contributed by atoms with Gasteiger partial charge in [0.15, 0.2) is 0 Å². The summed E-state index contributed by atoms with van der Waals surface area (Å²) in [5, 5.41) is 15.0. The van der Waals surface area contributed by atoms with Crippen LogP contribution in [0, 0.1) is 11.3 Å². The first-order chi connectivity index (χ1) is 16.8. The quantitative estimate of drug-likeness (QED) is 0.459. The number of alkyl carbamates (subject to hydrolysis) is 1. The van der Waals surface area contributed by atoms with Gasteiger partial charge >= 0.3 is 12.1 Å². The molecule has 1 fully saturated rings. The number of hydrogen-bond acceptors (Lipinski definition) is 4. The Kier molecular flexibility index (Phi) is 7.43. The summed E-state index contributed by atoms with van der Waals surface area (Å²) in [6.45, 7) is 4.29. The largest absolute Gasteiger partial charge is 0.481 e. The van der Waals surface area contributed by atoms with Crippen LogP contribution in [0.1, 0.15) is 63.0 Å². The minimum Gasteiger partial charge on any atom is -0.481 e. The Bertz CT molecular complexity index is 1050. The van der Waals surface area contributed by atoms with Crippen molar-refractivity contribution in [2.45, 2.75) is 57.9 Å². The predicted octanol–water partition coefficient (Wildman–Crippen LogP) is 4.70. The fourth-order valence-corrected chi connectivity index (χ4v) is 5.03. The van der Waals surface area contributed by atoms with E-state index in [4.69, 9.17) is 4.74 Å². The van der Waals surface area contributed by atoms with Gasteiger partial charge in [-0.3, -0.25) is 9.59 Å². The van der Waals surface area contributed by atoms with Gasteiger partial charge in [-0.2, -0.15) is 0 Å². The molecule has 2 aromatic carbocycles. The van der Waals surface area contributed by atoms with Crippen molar-refractivity contribution in [3.8, 4) is 11.1 Å². The van der Waals surface area contributed by atoms with Crippen molar-refractivity contribution in [3.05, 3.63) is 59.7 Å². The van der Waals surface area contributed by atoms with Crippen molar-refractivity contribution in [1.29, 1.82) is 0 Å². The maximum absolute atomic E-state index is 13.0. The highest BCUT2D eigenvalue weighted by molar-refractivity contribution is 5.86. The van der Waals surface area contributed by atoms with Crippen LogP contribution >= 0.6 is 0 Å². The lowest BCUT2D eigenvalue weighted by Crippen LogP contribution is -2.53. The van der Waals surface area contributed by atoms with Crippen LogP contribution in [0.3, 0.4) is 0 Å². The molecule has 2 aliphatic carbocycles. The van der Waals surface area contributed by atoms with Crippen LogP contribution in [-0.4, -0.2) is 42.3 Å². The molecule has 2 aliphatic rings. The second-order valence-corrected chi connectivity index (χ2v) is 9.93. The monoisotopic (exact) mass is 478 g/mol. The first-order valence-electron chi connectivity index (χ1n) is 12.5. The third-order valence-electron chi connectivity index (χ3n) is 7.65. The lowest BCUT2D eigenvalue weighted by molar-refractivity contribution is -0.154. The average Bonchev–Trinajstić information content (AvgIpc) is 3.15. The van der Waals surface area contributed by atoms with Crippen molar-refractivity contribution in [2.24, 2.45) is 11.3 Å². The molecule has 0 aliphatic heterocycles. The van der Waals surface area contributed by atoms with E-state index in [0.717, 1.165) is 35.1 Å². The van der Waals surface area contributed by atoms with Crippen molar-refractivity contribution < 1.29 is 24.2 Å². The van der Waals surface area contributed by atoms with Gasteiger partial charge in [0.2, 0.25) is 5.91 Å². The molecule has 3 N–H and O–H groups in total. The maximum Gasteiger partial charge on any atom is 0.407 e. The highest BCUT2D eigenvalue weighted by Gasteiger charge is 2.44. The lowest BCUT2D eigenvalue weighted by Gasteiger charge is -2.38. The molecule has 2 atom stereocenters. The standard InChI is InChI=1S/C28H34N2O5/c1-3-18(2)15-24(25(31)29-17-28(26(32)33)13-8-14-28)30-27(34)35-16-23-21-11-6-4-9-19(21)20-10-5-7-12-22(20)23/h4-7,9-12,18,23-24H,3,8,13-17H2,1-2H3,(H,29,31)(H,30,34)(H,32,33). The van der Waals surface area contributed by atoms with Gasteiger partial charge in [-0.15, -0.1) is 0 Å². The fourth-order valence-electron chi connectivity index (χ4n) is 5.03. The summed E-state index contributed by atoms with van der Waals surface area (Å²) < 4.78 is 5.63. The van der Waals surface area contributed by atoms with Crippen molar-refractivity contribution in [1.82, 2.24) is 10.6 Å². The highest BCUT2D eigenvalue weighted by atomic mass is 16.5. The van der Waals surface area contributed by atoms with Crippen LogP contribution < -0.4 is 10.6 Å². The molecule has 2 amide bonds. The van der Waals surface area contributed by atoms with Crippen LogP contribution in [0.2, 0.25) is 0 Å². The topological polar surface area (TPSA) is 105 Å². The third-order valence-corrected chi connectivity index (χ3v) is 7.65. The molecule has 0 aromatic heterocycles. The number of aliphatic carboxylic acids is 1. The zero-order valence-corrected chi connectivity index (χ0v) is 20.4. The number of carboxylic acid groups (broad SMARTS) is 1. The second-order valence-electron chi connectivity index (χ2n) is 9.93. The predicted molar refractivity (Wildman–Crippen MR) is 133 cm³/mol. The number of amides is 2. The molecule has 186 valence electrons. The molecule has 0 bridgehead atoms. The van der Waals surface area contributed by atoms with Crippen LogP contribution in [0.25, 0.3) is 11.1 Å². The van der Waals surface area contributed by atoms with E-state index in [-0.39, 0.29) is 30.9 Å². The Hall–Kier alpha value is -3.35. The average molecular weight is 479 g/mol. The highest BCUT2D eigenvalue weighted by Crippen LogP contribution is 2.44. The summed E-state index contributed by atoms with van der Waals surface area (Å²) in [6.07, 6.45) is 2.61. The summed E-state index contributed by atoms with van der Waals surface area (Å²) >= 11 is 0. The van der Waals surface area contributed by atoms with Gasteiger partial charge < -0.3 is 20.5 Å². The zero-order valence-electron chi connectivity index (χ0n) is 20.4. The number of nitrogens with one attached hydrogen (secondary N) is 2. The molecule has 0 saturated heterocycles. The minimum atomic E-state index is -0.889. The number of carboxylic acids is 1. The molecule has 2 unspecified atom stereocenters. The number of benzene rings is 2. The molecule has 4 rings (SSSR count). The van der Waals surface area contributed by atoms with E-state index in [1.54, 1.807) is 0 Å². The van der Waals surface area contributed by atoms with Gasteiger partial charge in [-0.05, 0) is 47.4 Å². The van der Waals surface area contributed by atoms with Crippen LogP contribution in [0.5, 0.6) is 0 Å². The Labute approximate surface area is 206 Å². The van der Waals surface area contributed by atoms with Crippen molar-refractivity contribution in [3.63, 3.8) is 0 Å². The van der Waals surface area contributed by atoms with Crippen molar-refractivity contribution in [2.75, 3.05) is 13.2 Å². The molecule has 7 heteroatoms. The number of rotatable bonds is 10. The molecule has 7 nitrogen and oxygen atoms in total. The number of carbonyl (C=O) groups is 3. The van der Waals surface area contributed by atoms with Gasteiger partial charge in [0.05, 0.1) is 5.41 Å². The van der Waals surface area contributed by atoms with Gasteiger partial charge in [0, 0.05) is 12.5 Å². The SMILES string of the molecule is CCC(C)CC(NC(=O)OCC1c2ccccc2-c2ccccc21)C(=O)NCC1(C(=O)O)CCC1. The normalized spacial score (nSPS) is 17.3. The summed E-state index contributed by atoms with van der Waals surface area (Å²) in [4.78, 5) is 37.4. The minimum absolute atomic E-state index is 0.0657. The van der Waals surface area contributed by atoms with Crippen molar-refractivity contribution >= 4 is 18.0 Å². The van der Waals surface area contributed by atoms with Gasteiger partial charge in [0.25, 0.3) is 0 Å². The van der Waals surface area contributed by atoms with E-state index in [1.807, 2.05) is 38.1 Å². The first-order valence-corrected chi connectivity index (χ1v) is 12.5. The Morgan fingerprint density at radius 3 is 2.17 bits per heavy atom.